The van der Waals surface area contributed by atoms with Gasteiger partial charge in [-0.3, -0.25) is 4.79 Å². The summed E-state index contributed by atoms with van der Waals surface area (Å²) in [6, 6.07) is 16.2. The standard InChI is InChI=1S/C23H16O4S/c1-15-11-12-28-21(15)14-20-23(25)18-9-8-17(13-19(18)27-20)26-22(24)10-7-16-5-3-2-4-6-16/h2-14H,1H3/b10-7+,20-14-. The minimum Gasteiger partial charge on any atom is -0.452 e. The maximum absolute atomic E-state index is 12.5. The predicted octanol–water partition coefficient (Wildman–Crippen LogP) is 5.29. The van der Waals surface area contributed by atoms with Crippen LogP contribution in [0, 0.1) is 6.92 Å². The van der Waals surface area contributed by atoms with Crippen LogP contribution in [0.25, 0.3) is 12.2 Å². The Balaban J connectivity index is 1.49. The smallest absolute Gasteiger partial charge is 0.336 e. The van der Waals surface area contributed by atoms with E-state index in [1.165, 1.54) is 6.08 Å². The largest absolute Gasteiger partial charge is 0.452 e. The second kappa shape index (κ2) is 7.66. The lowest BCUT2D eigenvalue weighted by atomic mass is 10.1. The van der Waals surface area contributed by atoms with E-state index in [0.717, 1.165) is 16.0 Å². The molecule has 0 saturated carbocycles. The fourth-order valence-electron chi connectivity index (χ4n) is 2.76. The molecule has 2 aromatic carbocycles. The van der Waals surface area contributed by atoms with Crippen molar-refractivity contribution in [2.24, 2.45) is 0 Å². The molecule has 0 spiro atoms. The van der Waals surface area contributed by atoms with Gasteiger partial charge in [0, 0.05) is 23.1 Å². The third kappa shape index (κ3) is 3.80. The molecule has 138 valence electrons. The summed E-state index contributed by atoms with van der Waals surface area (Å²) < 4.78 is 11.0. The van der Waals surface area contributed by atoms with Gasteiger partial charge in [-0.2, -0.15) is 0 Å². The van der Waals surface area contributed by atoms with Gasteiger partial charge in [0.25, 0.3) is 0 Å². The molecule has 4 rings (SSSR count). The molecular weight excluding hydrogens is 372 g/mol. The molecule has 4 nitrogen and oxygen atoms in total. The molecule has 3 aromatic rings. The van der Waals surface area contributed by atoms with Crippen molar-refractivity contribution in [3.63, 3.8) is 0 Å². The highest BCUT2D eigenvalue weighted by Gasteiger charge is 2.28. The van der Waals surface area contributed by atoms with Crippen LogP contribution in [0.15, 0.2) is 71.8 Å². The number of aryl methyl sites for hydroxylation is 1. The van der Waals surface area contributed by atoms with Gasteiger partial charge in [0.2, 0.25) is 5.78 Å². The van der Waals surface area contributed by atoms with Gasteiger partial charge >= 0.3 is 5.97 Å². The Bertz CT molecular complexity index is 1110. The van der Waals surface area contributed by atoms with Crippen molar-refractivity contribution in [1.29, 1.82) is 0 Å². The van der Waals surface area contributed by atoms with E-state index in [1.807, 2.05) is 48.7 Å². The Hall–Kier alpha value is -3.44. The molecule has 2 heterocycles. The second-order valence-electron chi connectivity index (χ2n) is 6.23. The van der Waals surface area contributed by atoms with Gasteiger partial charge in [-0.15, -0.1) is 11.3 Å². The maximum atomic E-state index is 12.5. The minimum atomic E-state index is -0.502. The summed E-state index contributed by atoms with van der Waals surface area (Å²) in [5, 5.41) is 1.97. The van der Waals surface area contributed by atoms with E-state index in [0.29, 0.717) is 17.1 Å². The lowest BCUT2D eigenvalue weighted by Crippen LogP contribution is -2.03. The summed E-state index contributed by atoms with van der Waals surface area (Å²) in [5.74, 6) is 0.307. The Morgan fingerprint density at radius 2 is 1.93 bits per heavy atom. The number of thiophene rings is 1. The van der Waals surface area contributed by atoms with Gasteiger partial charge in [-0.05, 0) is 47.7 Å². The Labute approximate surface area is 166 Å². The van der Waals surface area contributed by atoms with E-state index < -0.39 is 5.97 Å². The molecule has 0 amide bonds. The van der Waals surface area contributed by atoms with Crippen LogP contribution in [0.5, 0.6) is 11.5 Å². The number of carbonyl (C=O) groups is 2. The normalized spacial score (nSPS) is 14.3. The zero-order valence-electron chi connectivity index (χ0n) is 15.0. The number of fused-ring (bicyclic) bond motifs is 1. The SMILES string of the molecule is Cc1ccsc1/C=C1\Oc2cc(OC(=O)/C=C/c3ccccc3)ccc2C1=O. The van der Waals surface area contributed by atoms with Crippen molar-refractivity contribution in [1.82, 2.24) is 0 Å². The van der Waals surface area contributed by atoms with Crippen LogP contribution in [0.4, 0.5) is 0 Å². The van der Waals surface area contributed by atoms with Crippen LogP contribution in [0.3, 0.4) is 0 Å². The fourth-order valence-corrected chi connectivity index (χ4v) is 3.61. The van der Waals surface area contributed by atoms with E-state index in [1.54, 1.807) is 41.7 Å². The third-order valence-electron chi connectivity index (χ3n) is 4.24. The number of Topliss-reactive ketones (excluding diaryl/α,β-unsaturated/α-hetero) is 1. The number of carbonyl (C=O) groups excluding carboxylic acids is 2. The molecular formula is C23H16O4S. The number of rotatable bonds is 4. The Morgan fingerprint density at radius 3 is 2.68 bits per heavy atom. The molecule has 1 aromatic heterocycles. The molecule has 5 heteroatoms. The first kappa shape index (κ1) is 17.9. The number of ether oxygens (including phenoxy) is 2. The van der Waals surface area contributed by atoms with Crippen molar-refractivity contribution < 1.29 is 19.1 Å². The average Bonchev–Trinajstić information content (AvgIpc) is 3.24. The summed E-state index contributed by atoms with van der Waals surface area (Å²) in [6.07, 6.45) is 4.79. The van der Waals surface area contributed by atoms with Crippen molar-refractivity contribution >= 4 is 35.2 Å². The van der Waals surface area contributed by atoms with Crippen LogP contribution in [0.2, 0.25) is 0 Å². The fraction of sp³-hybridized carbons (Fsp3) is 0.0435. The lowest BCUT2D eigenvalue weighted by molar-refractivity contribution is -0.128. The maximum Gasteiger partial charge on any atom is 0.336 e. The van der Waals surface area contributed by atoms with E-state index in [9.17, 15) is 9.59 Å². The van der Waals surface area contributed by atoms with E-state index >= 15 is 0 Å². The molecule has 0 aliphatic carbocycles. The van der Waals surface area contributed by atoms with Crippen LogP contribution in [-0.4, -0.2) is 11.8 Å². The molecule has 0 atom stereocenters. The van der Waals surface area contributed by atoms with Crippen LogP contribution < -0.4 is 9.47 Å². The molecule has 0 N–H and O–H groups in total. The van der Waals surface area contributed by atoms with E-state index in [2.05, 4.69) is 0 Å². The summed E-state index contributed by atoms with van der Waals surface area (Å²) >= 11 is 1.55. The van der Waals surface area contributed by atoms with Gasteiger partial charge in [-0.1, -0.05) is 30.3 Å². The summed E-state index contributed by atoms with van der Waals surface area (Å²) in [5.41, 5.74) is 2.45. The number of ketones is 1. The van der Waals surface area contributed by atoms with Gasteiger partial charge in [0.1, 0.15) is 11.5 Å². The monoisotopic (exact) mass is 388 g/mol. The summed E-state index contributed by atoms with van der Waals surface area (Å²) in [7, 11) is 0. The second-order valence-corrected chi connectivity index (χ2v) is 7.18. The van der Waals surface area contributed by atoms with Crippen molar-refractivity contribution in [2.75, 3.05) is 0 Å². The average molecular weight is 388 g/mol. The highest BCUT2D eigenvalue weighted by molar-refractivity contribution is 7.11. The molecule has 0 bridgehead atoms. The van der Waals surface area contributed by atoms with Gasteiger partial charge in [0.05, 0.1) is 5.56 Å². The first-order valence-electron chi connectivity index (χ1n) is 8.67. The molecule has 0 radical (unpaired) electrons. The van der Waals surface area contributed by atoms with Crippen molar-refractivity contribution in [2.45, 2.75) is 6.92 Å². The first-order valence-corrected chi connectivity index (χ1v) is 9.55. The summed E-state index contributed by atoms with van der Waals surface area (Å²) in [6.45, 7) is 1.98. The molecule has 0 fully saturated rings. The van der Waals surface area contributed by atoms with Gasteiger partial charge in [0.15, 0.2) is 5.76 Å². The molecule has 1 aliphatic rings. The summed E-state index contributed by atoms with van der Waals surface area (Å²) in [4.78, 5) is 25.5. The van der Waals surface area contributed by atoms with Crippen LogP contribution in [-0.2, 0) is 4.79 Å². The highest BCUT2D eigenvalue weighted by Crippen LogP contribution is 2.35. The topological polar surface area (TPSA) is 52.6 Å². The lowest BCUT2D eigenvalue weighted by Gasteiger charge is -2.03. The highest BCUT2D eigenvalue weighted by atomic mass is 32.1. The zero-order valence-corrected chi connectivity index (χ0v) is 15.9. The number of benzene rings is 2. The van der Waals surface area contributed by atoms with Gasteiger partial charge in [-0.25, -0.2) is 4.79 Å². The zero-order chi connectivity index (χ0) is 19.5. The first-order chi connectivity index (χ1) is 13.6. The van der Waals surface area contributed by atoms with E-state index in [-0.39, 0.29) is 11.5 Å². The molecule has 28 heavy (non-hydrogen) atoms. The van der Waals surface area contributed by atoms with Crippen LogP contribution in [0.1, 0.15) is 26.4 Å². The van der Waals surface area contributed by atoms with Crippen molar-refractivity contribution in [3.8, 4) is 11.5 Å². The number of hydrogen-bond acceptors (Lipinski definition) is 5. The van der Waals surface area contributed by atoms with Gasteiger partial charge < -0.3 is 9.47 Å². The molecule has 0 unspecified atom stereocenters. The quantitative estimate of drug-likeness (QED) is 0.346. The third-order valence-corrected chi connectivity index (χ3v) is 5.20. The number of hydrogen-bond donors (Lipinski definition) is 0. The Morgan fingerprint density at radius 1 is 1.11 bits per heavy atom. The Kier molecular flexibility index (Phi) is 4.91. The van der Waals surface area contributed by atoms with Crippen LogP contribution >= 0.6 is 11.3 Å². The van der Waals surface area contributed by atoms with E-state index in [4.69, 9.17) is 9.47 Å². The molecule has 1 aliphatic heterocycles. The van der Waals surface area contributed by atoms with Crippen molar-refractivity contribution in [3.05, 3.63) is 93.4 Å². The predicted molar refractivity (Wildman–Crippen MR) is 110 cm³/mol. The minimum absolute atomic E-state index is 0.176. The number of esters is 1. The molecule has 0 saturated heterocycles. The number of allylic oxidation sites excluding steroid dienone is 1.